The van der Waals surface area contributed by atoms with Crippen LogP contribution < -0.4 is 4.74 Å². The molecule has 0 aliphatic rings. The van der Waals surface area contributed by atoms with E-state index in [1.54, 1.807) is 4.68 Å². The highest BCUT2D eigenvalue weighted by Gasteiger charge is 2.06. The Kier molecular flexibility index (Phi) is 3.58. The van der Waals surface area contributed by atoms with Crippen molar-refractivity contribution in [1.29, 1.82) is 5.26 Å². The van der Waals surface area contributed by atoms with Crippen molar-refractivity contribution in [3.63, 3.8) is 0 Å². The zero-order valence-electron chi connectivity index (χ0n) is 10.4. The van der Waals surface area contributed by atoms with E-state index in [4.69, 9.17) is 10.00 Å². The van der Waals surface area contributed by atoms with E-state index in [0.717, 1.165) is 17.0 Å². The molecule has 0 amide bonds. The molecule has 0 bridgehead atoms. The van der Waals surface area contributed by atoms with Gasteiger partial charge in [0.2, 0.25) is 0 Å². The van der Waals surface area contributed by atoms with Gasteiger partial charge in [-0.15, -0.1) is 5.10 Å². The number of nitrogens with zero attached hydrogens (tertiary/aromatic N) is 4. The minimum Gasteiger partial charge on any atom is -0.492 e. The number of hydrogen-bond acceptors (Lipinski definition) is 4. The van der Waals surface area contributed by atoms with Crippen LogP contribution in [0.4, 0.5) is 0 Å². The number of rotatable bonds is 4. The molecule has 0 unspecified atom stereocenters. The van der Waals surface area contributed by atoms with Gasteiger partial charge in [-0.1, -0.05) is 17.3 Å². The summed E-state index contributed by atoms with van der Waals surface area (Å²) in [5, 5.41) is 16.4. The number of aromatic nitrogens is 3. The Bertz CT molecular complexity index is 583. The quantitative estimate of drug-likeness (QED) is 0.820. The van der Waals surface area contributed by atoms with Crippen molar-refractivity contribution in [2.75, 3.05) is 6.61 Å². The molecule has 0 atom stereocenters. The van der Waals surface area contributed by atoms with Gasteiger partial charge in [0.05, 0.1) is 12.2 Å². The standard InChI is InChI=1S/C13H14N4O/c1-10-4-3-5-12(8-10)18-7-6-17-11(2)13(9-14)15-16-17/h3-5,8H,6-7H2,1-2H3. The van der Waals surface area contributed by atoms with Crippen LogP contribution in [0.2, 0.25) is 0 Å². The van der Waals surface area contributed by atoms with Crippen LogP contribution >= 0.6 is 0 Å². The van der Waals surface area contributed by atoms with E-state index in [1.807, 2.05) is 44.2 Å². The van der Waals surface area contributed by atoms with Gasteiger partial charge in [0, 0.05) is 0 Å². The van der Waals surface area contributed by atoms with Gasteiger partial charge in [0.15, 0.2) is 5.69 Å². The van der Waals surface area contributed by atoms with E-state index in [2.05, 4.69) is 10.3 Å². The molecule has 18 heavy (non-hydrogen) atoms. The number of aryl methyl sites for hydroxylation is 1. The molecule has 1 aromatic carbocycles. The number of ether oxygens (including phenoxy) is 1. The highest BCUT2D eigenvalue weighted by molar-refractivity contribution is 5.27. The molecule has 2 rings (SSSR count). The molecular formula is C13H14N4O. The van der Waals surface area contributed by atoms with E-state index >= 15 is 0 Å². The molecule has 0 N–H and O–H groups in total. The van der Waals surface area contributed by atoms with Crippen LogP contribution in [0.1, 0.15) is 17.0 Å². The average molecular weight is 242 g/mol. The lowest BCUT2D eigenvalue weighted by atomic mass is 10.2. The molecule has 92 valence electrons. The van der Waals surface area contributed by atoms with E-state index in [0.29, 0.717) is 18.8 Å². The molecule has 0 aliphatic carbocycles. The van der Waals surface area contributed by atoms with E-state index in [1.165, 1.54) is 0 Å². The molecule has 2 aromatic rings. The SMILES string of the molecule is Cc1cccc(OCCn2nnc(C#N)c2C)c1. The largest absolute Gasteiger partial charge is 0.492 e. The molecule has 0 fully saturated rings. The molecule has 5 heteroatoms. The maximum atomic E-state index is 8.77. The summed E-state index contributed by atoms with van der Waals surface area (Å²) in [4.78, 5) is 0. The van der Waals surface area contributed by atoms with E-state index < -0.39 is 0 Å². The van der Waals surface area contributed by atoms with Crippen LogP contribution in [-0.4, -0.2) is 21.6 Å². The fourth-order valence-corrected chi connectivity index (χ4v) is 1.63. The Hall–Kier alpha value is -2.35. The third-order valence-corrected chi connectivity index (χ3v) is 2.65. The van der Waals surface area contributed by atoms with Gasteiger partial charge in [-0.05, 0) is 31.5 Å². The van der Waals surface area contributed by atoms with Gasteiger partial charge >= 0.3 is 0 Å². The van der Waals surface area contributed by atoms with Crippen molar-refractivity contribution >= 4 is 0 Å². The Morgan fingerprint density at radius 1 is 1.39 bits per heavy atom. The lowest BCUT2D eigenvalue weighted by Gasteiger charge is -2.07. The first kappa shape index (κ1) is 12.1. The average Bonchev–Trinajstić information content (AvgIpc) is 2.71. The minimum atomic E-state index is 0.366. The van der Waals surface area contributed by atoms with Crippen LogP contribution in [-0.2, 0) is 6.54 Å². The Morgan fingerprint density at radius 3 is 2.89 bits per heavy atom. The summed E-state index contributed by atoms with van der Waals surface area (Å²) in [6.45, 7) is 4.92. The molecule has 5 nitrogen and oxygen atoms in total. The van der Waals surface area contributed by atoms with Crippen molar-refractivity contribution in [3.8, 4) is 11.8 Å². The van der Waals surface area contributed by atoms with Gasteiger partial charge in [-0.25, -0.2) is 4.68 Å². The van der Waals surface area contributed by atoms with Crippen molar-refractivity contribution in [3.05, 3.63) is 41.2 Å². The minimum absolute atomic E-state index is 0.366. The zero-order valence-corrected chi connectivity index (χ0v) is 10.4. The van der Waals surface area contributed by atoms with Crippen LogP contribution in [0, 0.1) is 25.2 Å². The Labute approximate surface area is 106 Å². The molecule has 0 aliphatic heterocycles. The third kappa shape index (κ3) is 2.66. The Morgan fingerprint density at radius 2 is 2.22 bits per heavy atom. The zero-order chi connectivity index (χ0) is 13.0. The summed E-state index contributed by atoms with van der Waals surface area (Å²) in [7, 11) is 0. The second-order valence-corrected chi connectivity index (χ2v) is 4.02. The van der Waals surface area contributed by atoms with Crippen LogP contribution in [0.3, 0.4) is 0 Å². The predicted octanol–water partition coefficient (Wildman–Crippen LogP) is 1.85. The van der Waals surface area contributed by atoms with Crippen molar-refractivity contribution in [2.45, 2.75) is 20.4 Å². The first-order valence-electron chi connectivity index (χ1n) is 5.70. The molecule has 0 spiro atoms. The fraction of sp³-hybridized carbons (Fsp3) is 0.308. The molecule has 1 heterocycles. The third-order valence-electron chi connectivity index (χ3n) is 2.65. The predicted molar refractivity (Wildman–Crippen MR) is 66.1 cm³/mol. The highest BCUT2D eigenvalue weighted by Crippen LogP contribution is 2.12. The topological polar surface area (TPSA) is 63.7 Å². The molecular weight excluding hydrogens is 228 g/mol. The normalized spacial score (nSPS) is 10.1. The van der Waals surface area contributed by atoms with Gasteiger partial charge in [0.25, 0.3) is 0 Å². The number of benzene rings is 1. The fourth-order valence-electron chi connectivity index (χ4n) is 1.63. The van der Waals surface area contributed by atoms with Crippen LogP contribution in [0.25, 0.3) is 0 Å². The smallest absolute Gasteiger partial charge is 0.185 e. The lowest BCUT2D eigenvalue weighted by Crippen LogP contribution is -2.11. The second kappa shape index (κ2) is 5.32. The molecule has 0 saturated carbocycles. The van der Waals surface area contributed by atoms with Crippen molar-refractivity contribution < 1.29 is 4.74 Å². The maximum Gasteiger partial charge on any atom is 0.185 e. The Balaban J connectivity index is 1.93. The van der Waals surface area contributed by atoms with Crippen LogP contribution in [0.15, 0.2) is 24.3 Å². The first-order valence-corrected chi connectivity index (χ1v) is 5.70. The van der Waals surface area contributed by atoms with Gasteiger partial charge in [-0.3, -0.25) is 0 Å². The summed E-state index contributed by atoms with van der Waals surface area (Å²) >= 11 is 0. The van der Waals surface area contributed by atoms with Crippen molar-refractivity contribution in [2.24, 2.45) is 0 Å². The summed E-state index contributed by atoms with van der Waals surface area (Å²) in [6.07, 6.45) is 0. The molecule has 0 radical (unpaired) electrons. The lowest BCUT2D eigenvalue weighted by molar-refractivity contribution is 0.288. The highest BCUT2D eigenvalue weighted by atomic mass is 16.5. The van der Waals surface area contributed by atoms with Gasteiger partial charge in [0.1, 0.15) is 18.4 Å². The van der Waals surface area contributed by atoms with E-state index in [-0.39, 0.29) is 0 Å². The monoisotopic (exact) mass is 242 g/mol. The number of hydrogen-bond donors (Lipinski definition) is 0. The summed E-state index contributed by atoms with van der Waals surface area (Å²) < 4.78 is 7.29. The summed E-state index contributed by atoms with van der Waals surface area (Å²) in [5.74, 6) is 0.841. The van der Waals surface area contributed by atoms with Gasteiger partial charge < -0.3 is 4.74 Å². The van der Waals surface area contributed by atoms with Crippen LogP contribution in [0.5, 0.6) is 5.75 Å². The summed E-state index contributed by atoms with van der Waals surface area (Å²) in [6, 6.07) is 9.87. The summed E-state index contributed by atoms with van der Waals surface area (Å²) in [5.41, 5.74) is 2.30. The molecule has 1 aromatic heterocycles. The maximum absolute atomic E-state index is 8.77. The first-order chi connectivity index (χ1) is 8.70. The van der Waals surface area contributed by atoms with Gasteiger partial charge in [-0.2, -0.15) is 5.26 Å². The number of nitriles is 1. The molecule has 0 saturated heterocycles. The van der Waals surface area contributed by atoms with E-state index in [9.17, 15) is 0 Å². The second-order valence-electron chi connectivity index (χ2n) is 4.02. The van der Waals surface area contributed by atoms with Crippen molar-refractivity contribution in [1.82, 2.24) is 15.0 Å².